The van der Waals surface area contributed by atoms with Gasteiger partial charge in [0.25, 0.3) is 11.5 Å². The van der Waals surface area contributed by atoms with Crippen LogP contribution in [0.15, 0.2) is 60.0 Å². The third-order valence-electron chi connectivity index (χ3n) is 4.27. The number of pyridine rings is 2. The summed E-state index contributed by atoms with van der Waals surface area (Å²) in [5.74, 6) is -0.0547. The monoisotopic (exact) mass is 392 g/mol. The van der Waals surface area contributed by atoms with Gasteiger partial charge in [0.2, 0.25) is 0 Å². The highest BCUT2D eigenvalue weighted by Gasteiger charge is 2.19. The van der Waals surface area contributed by atoms with Crippen LogP contribution in [0.5, 0.6) is 5.75 Å². The first-order chi connectivity index (χ1) is 14.0. The normalized spacial score (nSPS) is 13.3. The summed E-state index contributed by atoms with van der Waals surface area (Å²) in [7, 11) is 0. The van der Waals surface area contributed by atoms with Crippen molar-refractivity contribution in [2.24, 2.45) is 0 Å². The van der Waals surface area contributed by atoms with Gasteiger partial charge < -0.3 is 24.2 Å². The molecule has 4 heterocycles. The SMILES string of the molecule is CC(C)Oc1cc2nc(C3=CC=COC3)cn2cc1C(=O)Nc1ccc[nH]c1=O. The Kier molecular flexibility index (Phi) is 4.90. The number of carbonyl (C=O) groups excluding carboxylic acids is 1. The summed E-state index contributed by atoms with van der Waals surface area (Å²) in [5.41, 5.74) is 2.41. The molecule has 0 aliphatic carbocycles. The number of ether oxygens (including phenoxy) is 2. The quantitative estimate of drug-likeness (QED) is 0.696. The van der Waals surface area contributed by atoms with Crippen LogP contribution >= 0.6 is 0 Å². The van der Waals surface area contributed by atoms with Crippen LogP contribution < -0.4 is 15.6 Å². The lowest BCUT2D eigenvalue weighted by molar-refractivity contribution is 0.102. The molecule has 8 heteroatoms. The summed E-state index contributed by atoms with van der Waals surface area (Å²) in [6.45, 7) is 4.18. The molecule has 0 fully saturated rings. The fraction of sp³-hybridized carbons (Fsp3) is 0.190. The van der Waals surface area contributed by atoms with Gasteiger partial charge in [-0.3, -0.25) is 9.59 Å². The molecule has 0 unspecified atom stereocenters. The van der Waals surface area contributed by atoms with Crippen molar-refractivity contribution in [3.8, 4) is 5.75 Å². The fourth-order valence-electron chi connectivity index (χ4n) is 2.96. The number of allylic oxidation sites excluding steroid dienone is 2. The van der Waals surface area contributed by atoms with E-state index in [9.17, 15) is 9.59 Å². The Morgan fingerprint density at radius 1 is 1.38 bits per heavy atom. The largest absolute Gasteiger partial charge is 0.496 e. The molecule has 1 aliphatic rings. The van der Waals surface area contributed by atoms with Gasteiger partial charge in [-0.05, 0) is 32.1 Å². The molecule has 8 nitrogen and oxygen atoms in total. The highest BCUT2D eigenvalue weighted by Crippen LogP contribution is 2.25. The zero-order valence-corrected chi connectivity index (χ0v) is 16.0. The number of carbonyl (C=O) groups is 1. The summed E-state index contributed by atoms with van der Waals surface area (Å²) in [6.07, 6.45) is 10.2. The maximum Gasteiger partial charge on any atom is 0.271 e. The number of nitrogens with one attached hydrogen (secondary N) is 2. The number of amides is 1. The number of H-pyrrole nitrogens is 1. The zero-order valence-electron chi connectivity index (χ0n) is 16.0. The molecule has 1 aliphatic heterocycles. The van der Waals surface area contributed by atoms with Crippen LogP contribution in [0.1, 0.15) is 29.9 Å². The number of hydrogen-bond acceptors (Lipinski definition) is 5. The highest BCUT2D eigenvalue weighted by molar-refractivity contribution is 6.06. The molecule has 4 rings (SSSR count). The number of hydrogen-bond donors (Lipinski definition) is 2. The van der Waals surface area contributed by atoms with Crippen molar-refractivity contribution in [2.45, 2.75) is 20.0 Å². The van der Waals surface area contributed by atoms with Gasteiger partial charge >= 0.3 is 0 Å². The Balaban J connectivity index is 1.75. The van der Waals surface area contributed by atoms with Gasteiger partial charge in [0.05, 0.1) is 23.6 Å². The molecular formula is C21H20N4O4. The summed E-state index contributed by atoms with van der Waals surface area (Å²) in [6, 6.07) is 4.90. The molecule has 0 saturated heterocycles. The van der Waals surface area contributed by atoms with E-state index < -0.39 is 5.91 Å². The summed E-state index contributed by atoms with van der Waals surface area (Å²) >= 11 is 0. The number of fused-ring (bicyclic) bond motifs is 1. The number of rotatable bonds is 5. The van der Waals surface area contributed by atoms with Crippen molar-refractivity contribution >= 4 is 22.8 Å². The van der Waals surface area contributed by atoms with Crippen LogP contribution in [-0.2, 0) is 4.74 Å². The van der Waals surface area contributed by atoms with Gasteiger partial charge in [-0.15, -0.1) is 0 Å². The number of aromatic nitrogens is 3. The molecule has 0 radical (unpaired) electrons. The van der Waals surface area contributed by atoms with Gasteiger partial charge in [-0.2, -0.15) is 0 Å². The van der Waals surface area contributed by atoms with Crippen LogP contribution in [0.2, 0.25) is 0 Å². The molecule has 148 valence electrons. The van der Waals surface area contributed by atoms with E-state index in [4.69, 9.17) is 9.47 Å². The maximum atomic E-state index is 12.9. The molecule has 3 aromatic rings. The van der Waals surface area contributed by atoms with Crippen molar-refractivity contribution in [3.63, 3.8) is 0 Å². The molecule has 0 aromatic carbocycles. The zero-order chi connectivity index (χ0) is 20.4. The average molecular weight is 392 g/mol. The molecular weight excluding hydrogens is 372 g/mol. The lowest BCUT2D eigenvalue weighted by atomic mass is 10.2. The van der Waals surface area contributed by atoms with E-state index in [1.807, 2.05) is 32.2 Å². The molecule has 0 atom stereocenters. The van der Waals surface area contributed by atoms with E-state index in [0.29, 0.717) is 23.6 Å². The Bertz CT molecular complexity index is 1190. The molecule has 0 bridgehead atoms. The van der Waals surface area contributed by atoms with Gasteiger partial charge in [0, 0.05) is 30.2 Å². The van der Waals surface area contributed by atoms with E-state index in [0.717, 1.165) is 11.3 Å². The first-order valence-electron chi connectivity index (χ1n) is 9.17. The predicted molar refractivity (Wildman–Crippen MR) is 109 cm³/mol. The lowest BCUT2D eigenvalue weighted by Gasteiger charge is -2.14. The highest BCUT2D eigenvalue weighted by atomic mass is 16.5. The third kappa shape index (κ3) is 3.91. The van der Waals surface area contributed by atoms with Gasteiger partial charge in [-0.25, -0.2) is 4.98 Å². The second-order valence-corrected chi connectivity index (χ2v) is 6.81. The van der Waals surface area contributed by atoms with Crippen LogP contribution in [-0.4, -0.2) is 33.0 Å². The number of imidazole rings is 1. The molecule has 0 saturated carbocycles. The molecule has 0 spiro atoms. The topological polar surface area (TPSA) is 97.7 Å². The molecule has 1 amide bonds. The van der Waals surface area contributed by atoms with Crippen LogP contribution in [0.4, 0.5) is 5.69 Å². The van der Waals surface area contributed by atoms with Gasteiger partial charge in [0.15, 0.2) is 0 Å². The minimum absolute atomic E-state index is 0.141. The van der Waals surface area contributed by atoms with E-state index >= 15 is 0 Å². The van der Waals surface area contributed by atoms with Gasteiger partial charge in [-0.1, -0.05) is 6.08 Å². The first kappa shape index (κ1) is 18.5. The number of nitrogens with zero attached hydrogens (tertiary/aromatic N) is 2. The van der Waals surface area contributed by atoms with Crippen molar-refractivity contribution in [1.29, 1.82) is 0 Å². The third-order valence-corrected chi connectivity index (χ3v) is 4.27. The minimum atomic E-state index is -0.447. The summed E-state index contributed by atoms with van der Waals surface area (Å²) in [5, 5.41) is 2.64. The lowest BCUT2D eigenvalue weighted by Crippen LogP contribution is -2.21. The van der Waals surface area contributed by atoms with Crippen molar-refractivity contribution in [3.05, 3.63) is 76.8 Å². The summed E-state index contributed by atoms with van der Waals surface area (Å²) in [4.78, 5) is 32.0. The second kappa shape index (κ2) is 7.67. The molecule has 29 heavy (non-hydrogen) atoms. The Morgan fingerprint density at radius 2 is 2.24 bits per heavy atom. The smallest absolute Gasteiger partial charge is 0.271 e. The van der Waals surface area contributed by atoms with Crippen LogP contribution in [0, 0.1) is 0 Å². The van der Waals surface area contributed by atoms with Crippen LogP contribution in [0.25, 0.3) is 11.2 Å². The Hall–Kier alpha value is -3.81. The summed E-state index contributed by atoms with van der Waals surface area (Å²) < 4.78 is 12.9. The van der Waals surface area contributed by atoms with Crippen molar-refractivity contribution in [1.82, 2.24) is 14.4 Å². The van der Waals surface area contributed by atoms with E-state index in [1.165, 1.54) is 12.3 Å². The second-order valence-electron chi connectivity index (χ2n) is 6.81. The Labute approximate surface area is 166 Å². The van der Waals surface area contributed by atoms with Gasteiger partial charge in [0.1, 0.15) is 23.7 Å². The van der Waals surface area contributed by atoms with E-state index in [-0.39, 0.29) is 17.4 Å². The maximum absolute atomic E-state index is 12.9. The molecule has 2 N–H and O–H groups in total. The minimum Gasteiger partial charge on any atom is -0.496 e. The molecule has 3 aromatic heterocycles. The standard InChI is InChI=1S/C21H20N4O4/c1-13(2)29-18-9-19-23-17(14-5-4-8-28-12-14)11-25(19)10-15(18)20(26)24-16-6-3-7-22-21(16)27/h3-11,13H,12H2,1-2H3,(H,22,27)(H,24,26). The number of anilines is 1. The average Bonchev–Trinajstić information content (AvgIpc) is 3.12. The predicted octanol–water partition coefficient (Wildman–Crippen LogP) is 2.99. The van der Waals surface area contributed by atoms with E-state index in [2.05, 4.69) is 15.3 Å². The fourth-order valence-corrected chi connectivity index (χ4v) is 2.96. The Morgan fingerprint density at radius 3 is 2.97 bits per heavy atom. The van der Waals surface area contributed by atoms with E-state index in [1.54, 1.807) is 29.0 Å². The van der Waals surface area contributed by atoms with Crippen LogP contribution in [0.3, 0.4) is 0 Å². The first-order valence-corrected chi connectivity index (χ1v) is 9.17. The van der Waals surface area contributed by atoms with Crippen molar-refractivity contribution in [2.75, 3.05) is 11.9 Å². The van der Waals surface area contributed by atoms with Crippen molar-refractivity contribution < 1.29 is 14.3 Å². The number of aromatic amines is 1.